The molecule has 5 heteroatoms. The molecular weight excluding hydrogens is 310 g/mol. The first kappa shape index (κ1) is 16.3. The van der Waals surface area contributed by atoms with E-state index in [-0.39, 0.29) is 0 Å². The van der Waals surface area contributed by atoms with E-state index >= 15 is 0 Å². The van der Waals surface area contributed by atoms with Crippen molar-refractivity contribution in [2.75, 3.05) is 23.4 Å². The predicted molar refractivity (Wildman–Crippen MR) is 101 cm³/mol. The predicted octanol–water partition coefficient (Wildman–Crippen LogP) is 3.51. The lowest BCUT2D eigenvalue weighted by molar-refractivity contribution is 0.425. The van der Waals surface area contributed by atoms with Crippen molar-refractivity contribution >= 4 is 11.6 Å². The second-order valence-electron chi connectivity index (χ2n) is 7.39. The zero-order valence-electron chi connectivity index (χ0n) is 15.3. The van der Waals surface area contributed by atoms with Crippen LogP contribution >= 0.6 is 0 Å². The Morgan fingerprint density at radius 2 is 1.92 bits per heavy atom. The zero-order valence-corrected chi connectivity index (χ0v) is 15.3. The molecular formula is C20H27N5. The molecule has 2 aliphatic rings. The van der Waals surface area contributed by atoms with Gasteiger partial charge in [-0.3, -0.25) is 0 Å². The summed E-state index contributed by atoms with van der Waals surface area (Å²) in [5, 5.41) is 0. The fourth-order valence-electron chi connectivity index (χ4n) is 4.11. The van der Waals surface area contributed by atoms with Gasteiger partial charge in [0.25, 0.3) is 0 Å². The third-order valence-electron chi connectivity index (χ3n) is 5.66. The van der Waals surface area contributed by atoms with Crippen LogP contribution in [-0.4, -0.2) is 34.6 Å². The Kier molecular flexibility index (Phi) is 4.55. The highest BCUT2D eigenvalue weighted by Gasteiger charge is 2.26. The van der Waals surface area contributed by atoms with Crippen LogP contribution in [0, 0.1) is 6.92 Å². The van der Waals surface area contributed by atoms with Gasteiger partial charge in [0.2, 0.25) is 0 Å². The second-order valence-corrected chi connectivity index (χ2v) is 7.39. The number of aromatic nitrogens is 3. The summed E-state index contributed by atoms with van der Waals surface area (Å²) >= 11 is 0. The minimum atomic E-state index is 0.612. The average Bonchev–Trinajstić information content (AvgIpc) is 2.68. The molecule has 132 valence electrons. The Hall–Kier alpha value is -2.17. The Morgan fingerprint density at radius 3 is 2.68 bits per heavy atom. The lowest BCUT2D eigenvalue weighted by atomic mass is 9.94. The molecule has 0 amide bonds. The van der Waals surface area contributed by atoms with Crippen LogP contribution in [0.4, 0.5) is 11.6 Å². The van der Waals surface area contributed by atoms with Gasteiger partial charge in [-0.1, -0.05) is 25.3 Å². The van der Waals surface area contributed by atoms with Gasteiger partial charge in [0, 0.05) is 44.4 Å². The maximum atomic E-state index is 4.68. The summed E-state index contributed by atoms with van der Waals surface area (Å²) in [6.45, 7) is 3.89. The smallest absolute Gasteiger partial charge is 0.137 e. The number of pyridine rings is 1. The van der Waals surface area contributed by atoms with Crippen LogP contribution in [0.2, 0.25) is 0 Å². The van der Waals surface area contributed by atoms with E-state index in [1.54, 1.807) is 6.33 Å². The van der Waals surface area contributed by atoms with Crippen LogP contribution in [0.1, 0.15) is 48.9 Å². The lowest BCUT2D eigenvalue weighted by Crippen LogP contribution is -2.38. The van der Waals surface area contributed by atoms with Gasteiger partial charge in [-0.25, -0.2) is 15.0 Å². The number of hydrogen-bond acceptors (Lipinski definition) is 5. The molecule has 0 spiro atoms. The van der Waals surface area contributed by atoms with Gasteiger partial charge in [-0.15, -0.1) is 0 Å². The number of nitrogens with zero attached hydrogens (tertiary/aromatic N) is 5. The Morgan fingerprint density at radius 1 is 1.08 bits per heavy atom. The molecule has 0 saturated heterocycles. The Labute approximate surface area is 150 Å². The van der Waals surface area contributed by atoms with Crippen LogP contribution in [0.3, 0.4) is 0 Å². The van der Waals surface area contributed by atoms with Crippen molar-refractivity contribution in [2.45, 2.75) is 58.0 Å². The van der Waals surface area contributed by atoms with Gasteiger partial charge in [0.15, 0.2) is 0 Å². The molecule has 1 aliphatic heterocycles. The summed E-state index contributed by atoms with van der Waals surface area (Å²) in [7, 11) is 2.21. The SMILES string of the molecule is Cc1ccc(N2CCc3ncnc(N(C)C4CCCCC4)c3C2)nc1. The molecule has 0 atom stereocenters. The summed E-state index contributed by atoms with van der Waals surface area (Å²) in [6.07, 6.45) is 11.2. The van der Waals surface area contributed by atoms with Crippen molar-refractivity contribution in [3.63, 3.8) is 0 Å². The van der Waals surface area contributed by atoms with E-state index in [9.17, 15) is 0 Å². The standard InChI is InChI=1S/C20H27N5/c1-15-8-9-19(21-12-15)25-11-10-18-17(13-25)20(23-14-22-18)24(2)16-6-4-3-5-7-16/h8-9,12,14,16H,3-7,10-11,13H2,1-2H3. The summed E-state index contributed by atoms with van der Waals surface area (Å²) in [5.41, 5.74) is 3.68. The van der Waals surface area contributed by atoms with E-state index in [4.69, 9.17) is 0 Å². The van der Waals surface area contributed by atoms with Crippen LogP contribution in [0.25, 0.3) is 0 Å². The highest BCUT2D eigenvalue weighted by Crippen LogP contribution is 2.31. The number of aryl methyl sites for hydroxylation is 1. The van der Waals surface area contributed by atoms with Gasteiger partial charge >= 0.3 is 0 Å². The summed E-state index contributed by atoms with van der Waals surface area (Å²) < 4.78 is 0. The number of rotatable bonds is 3. The molecule has 0 unspecified atom stereocenters. The topological polar surface area (TPSA) is 45.2 Å². The zero-order chi connectivity index (χ0) is 17.2. The summed E-state index contributed by atoms with van der Waals surface area (Å²) in [4.78, 5) is 18.6. The van der Waals surface area contributed by atoms with Gasteiger partial charge in [-0.2, -0.15) is 0 Å². The largest absolute Gasteiger partial charge is 0.356 e. The molecule has 2 aromatic heterocycles. The first-order chi connectivity index (χ1) is 12.2. The highest BCUT2D eigenvalue weighted by molar-refractivity contribution is 5.54. The Balaban J connectivity index is 1.60. The maximum Gasteiger partial charge on any atom is 0.137 e. The first-order valence-corrected chi connectivity index (χ1v) is 9.45. The molecule has 0 N–H and O–H groups in total. The van der Waals surface area contributed by atoms with E-state index in [0.29, 0.717) is 6.04 Å². The summed E-state index contributed by atoms with van der Waals surface area (Å²) in [6, 6.07) is 4.86. The molecule has 4 rings (SSSR count). The molecule has 1 aliphatic carbocycles. The van der Waals surface area contributed by atoms with Crippen molar-refractivity contribution in [2.24, 2.45) is 0 Å². The number of anilines is 2. The normalized spacial score (nSPS) is 18.1. The van der Waals surface area contributed by atoms with Gasteiger partial charge in [0.1, 0.15) is 18.0 Å². The highest BCUT2D eigenvalue weighted by atomic mass is 15.2. The molecule has 25 heavy (non-hydrogen) atoms. The van der Waals surface area contributed by atoms with E-state index in [1.165, 1.54) is 48.9 Å². The van der Waals surface area contributed by atoms with E-state index in [2.05, 4.69) is 50.9 Å². The second kappa shape index (κ2) is 6.98. The van der Waals surface area contributed by atoms with Crippen molar-refractivity contribution < 1.29 is 0 Å². The molecule has 2 aromatic rings. The number of hydrogen-bond donors (Lipinski definition) is 0. The molecule has 5 nitrogen and oxygen atoms in total. The van der Waals surface area contributed by atoms with Crippen LogP contribution in [0.5, 0.6) is 0 Å². The average molecular weight is 337 g/mol. The van der Waals surface area contributed by atoms with Crippen molar-refractivity contribution in [3.05, 3.63) is 41.5 Å². The van der Waals surface area contributed by atoms with Crippen LogP contribution < -0.4 is 9.80 Å². The minimum Gasteiger partial charge on any atom is -0.356 e. The van der Waals surface area contributed by atoms with Crippen molar-refractivity contribution in [3.8, 4) is 0 Å². The van der Waals surface area contributed by atoms with Gasteiger partial charge in [0.05, 0.1) is 5.69 Å². The third kappa shape index (κ3) is 3.32. The quantitative estimate of drug-likeness (QED) is 0.857. The molecule has 1 fully saturated rings. The van der Waals surface area contributed by atoms with Crippen LogP contribution in [0.15, 0.2) is 24.7 Å². The summed E-state index contributed by atoms with van der Waals surface area (Å²) in [5.74, 6) is 2.17. The van der Waals surface area contributed by atoms with Crippen LogP contribution in [-0.2, 0) is 13.0 Å². The minimum absolute atomic E-state index is 0.612. The molecule has 0 radical (unpaired) electrons. The molecule has 0 bridgehead atoms. The first-order valence-electron chi connectivity index (χ1n) is 9.45. The van der Waals surface area contributed by atoms with E-state index in [1.807, 2.05) is 6.20 Å². The number of fused-ring (bicyclic) bond motifs is 1. The van der Waals surface area contributed by atoms with Gasteiger partial charge < -0.3 is 9.80 Å². The molecule has 0 aromatic carbocycles. The Bertz CT molecular complexity index is 721. The monoisotopic (exact) mass is 337 g/mol. The molecule has 1 saturated carbocycles. The fraction of sp³-hybridized carbons (Fsp3) is 0.550. The lowest BCUT2D eigenvalue weighted by Gasteiger charge is -2.36. The third-order valence-corrected chi connectivity index (χ3v) is 5.66. The van der Waals surface area contributed by atoms with E-state index < -0.39 is 0 Å². The maximum absolute atomic E-state index is 4.68. The van der Waals surface area contributed by atoms with E-state index in [0.717, 1.165) is 31.1 Å². The van der Waals surface area contributed by atoms with Crippen molar-refractivity contribution in [1.29, 1.82) is 0 Å². The van der Waals surface area contributed by atoms with Gasteiger partial charge in [-0.05, 0) is 31.4 Å². The van der Waals surface area contributed by atoms with Crippen molar-refractivity contribution in [1.82, 2.24) is 15.0 Å². The molecule has 3 heterocycles. The fourth-order valence-corrected chi connectivity index (χ4v) is 4.11.